The number of ether oxygens (including phenoxy) is 4. The number of rotatable bonds is 8. The first-order valence-electron chi connectivity index (χ1n) is 14.0. The number of fused-ring (bicyclic) bond motifs is 2. The highest BCUT2D eigenvalue weighted by molar-refractivity contribution is 5.85. The Kier molecular flexibility index (Phi) is 6.86. The van der Waals surface area contributed by atoms with Gasteiger partial charge in [0.2, 0.25) is 0 Å². The molecule has 0 spiro atoms. The van der Waals surface area contributed by atoms with Gasteiger partial charge in [-0.15, -0.1) is 0 Å². The minimum atomic E-state index is -0.106. The Morgan fingerprint density at radius 3 is 1.22 bits per heavy atom. The van der Waals surface area contributed by atoms with Crippen molar-refractivity contribution in [2.45, 2.75) is 26.7 Å². The van der Waals surface area contributed by atoms with E-state index < -0.39 is 0 Å². The average molecular weight is 545 g/mol. The minimum absolute atomic E-state index is 0.106. The van der Waals surface area contributed by atoms with Crippen LogP contribution in [0, 0.1) is 5.41 Å². The Bertz CT molecular complexity index is 1540. The van der Waals surface area contributed by atoms with Crippen LogP contribution in [0.15, 0.2) is 83.9 Å². The SMILES string of the molecule is COc1cc(OC)cc(-c2cccc3c2C=C(C(C)(C)C2=Cc4c(cccc4-c4cc(OC)cc(OC)c4)C2)C3)c1. The summed E-state index contributed by atoms with van der Waals surface area (Å²) in [6.07, 6.45) is 6.69. The van der Waals surface area contributed by atoms with E-state index in [1.165, 1.54) is 44.5 Å². The third-order valence-corrected chi connectivity index (χ3v) is 8.72. The maximum absolute atomic E-state index is 5.56. The molecule has 208 valence electrons. The molecule has 0 N–H and O–H groups in total. The van der Waals surface area contributed by atoms with Gasteiger partial charge in [0.15, 0.2) is 0 Å². The van der Waals surface area contributed by atoms with Crippen LogP contribution in [-0.4, -0.2) is 28.4 Å². The van der Waals surface area contributed by atoms with E-state index in [0.717, 1.165) is 47.0 Å². The summed E-state index contributed by atoms with van der Waals surface area (Å²) < 4.78 is 22.2. The smallest absolute Gasteiger partial charge is 0.123 e. The highest BCUT2D eigenvalue weighted by Gasteiger charge is 2.34. The first-order chi connectivity index (χ1) is 19.8. The van der Waals surface area contributed by atoms with Gasteiger partial charge in [0.05, 0.1) is 28.4 Å². The largest absolute Gasteiger partial charge is 0.497 e. The lowest BCUT2D eigenvalue weighted by molar-refractivity contribution is 0.394. The lowest BCUT2D eigenvalue weighted by Gasteiger charge is -2.28. The zero-order valence-electron chi connectivity index (χ0n) is 24.6. The first-order valence-corrected chi connectivity index (χ1v) is 14.0. The molecule has 0 heterocycles. The fourth-order valence-corrected chi connectivity index (χ4v) is 6.17. The molecule has 0 fully saturated rings. The number of hydrogen-bond donors (Lipinski definition) is 0. The van der Waals surface area contributed by atoms with E-state index in [1.54, 1.807) is 28.4 Å². The predicted octanol–water partition coefficient (Wildman–Crippen LogP) is 8.66. The zero-order valence-corrected chi connectivity index (χ0v) is 24.6. The molecule has 4 aromatic carbocycles. The van der Waals surface area contributed by atoms with Crippen LogP contribution in [0.5, 0.6) is 23.0 Å². The molecule has 0 amide bonds. The van der Waals surface area contributed by atoms with Crippen LogP contribution in [0.1, 0.15) is 36.1 Å². The molecule has 2 aliphatic carbocycles. The van der Waals surface area contributed by atoms with Gasteiger partial charge in [0.1, 0.15) is 23.0 Å². The third-order valence-electron chi connectivity index (χ3n) is 8.72. The molecular formula is C37H36O4. The summed E-state index contributed by atoms with van der Waals surface area (Å²) in [7, 11) is 6.77. The van der Waals surface area contributed by atoms with Gasteiger partial charge in [-0.3, -0.25) is 0 Å². The molecule has 0 radical (unpaired) electrons. The summed E-state index contributed by atoms with van der Waals surface area (Å²) in [5, 5.41) is 0. The molecule has 0 aromatic heterocycles. The van der Waals surface area contributed by atoms with Crippen molar-refractivity contribution in [3.8, 4) is 45.3 Å². The van der Waals surface area contributed by atoms with E-state index in [-0.39, 0.29) is 5.41 Å². The van der Waals surface area contributed by atoms with E-state index in [9.17, 15) is 0 Å². The standard InChI is InChI=1S/C37H36O4/c1-37(2,27-13-23-9-7-11-33(35(23)19-27)25-15-29(38-3)21-30(16-25)39-4)28-14-24-10-8-12-34(36(24)20-28)26-17-31(40-5)22-32(18-26)41-6/h7-12,15-22H,13-14H2,1-6H3. The van der Waals surface area contributed by atoms with E-state index in [0.29, 0.717) is 0 Å². The van der Waals surface area contributed by atoms with E-state index >= 15 is 0 Å². The second-order valence-electron chi connectivity index (χ2n) is 11.3. The maximum atomic E-state index is 5.56. The van der Waals surface area contributed by atoms with Gasteiger partial charge in [-0.2, -0.15) is 0 Å². The van der Waals surface area contributed by atoms with Crippen molar-refractivity contribution in [3.63, 3.8) is 0 Å². The van der Waals surface area contributed by atoms with Gasteiger partial charge in [0, 0.05) is 17.5 Å². The highest BCUT2D eigenvalue weighted by atomic mass is 16.5. The summed E-state index contributed by atoms with van der Waals surface area (Å²) in [6.45, 7) is 4.73. The van der Waals surface area contributed by atoms with Crippen molar-refractivity contribution >= 4 is 12.2 Å². The summed E-state index contributed by atoms with van der Waals surface area (Å²) >= 11 is 0. The topological polar surface area (TPSA) is 36.9 Å². The third kappa shape index (κ3) is 4.78. The van der Waals surface area contributed by atoms with Gasteiger partial charge in [-0.05, 0) is 81.6 Å². The molecule has 4 heteroatoms. The van der Waals surface area contributed by atoms with E-state index in [1.807, 2.05) is 12.1 Å². The van der Waals surface area contributed by atoms with Crippen LogP contribution in [0.3, 0.4) is 0 Å². The van der Waals surface area contributed by atoms with Crippen molar-refractivity contribution in [1.82, 2.24) is 0 Å². The second-order valence-corrected chi connectivity index (χ2v) is 11.3. The van der Waals surface area contributed by atoms with E-state index in [2.05, 4.69) is 86.7 Å². The van der Waals surface area contributed by atoms with Gasteiger partial charge in [-0.1, -0.05) is 73.5 Å². The molecule has 41 heavy (non-hydrogen) atoms. The number of allylic oxidation sites excluding steroid dienone is 2. The van der Waals surface area contributed by atoms with E-state index in [4.69, 9.17) is 18.9 Å². The van der Waals surface area contributed by atoms with Crippen LogP contribution in [-0.2, 0) is 12.8 Å². The fraction of sp³-hybridized carbons (Fsp3) is 0.243. The number of benzene rings is 4. The van der Waals surface area contributed by atoms with Gasteiger partial charge < -0.3 is 18.9 Å². The van der Waals surface area contributed by atoms with Crippen molar-refractivity contribution in [3.05, 3.63) is 106 Å². The number of hydrogen-bond acceptors (Lipinski definition) is 4. The normalized spacial score (nSPS) is 13.7. The summed E-state index contributed by atoms with van der Waals surface area (Å²) in [6, 6.07) is 25.4. The molecule has 2 aliphatic rings. The lowest BCUT2D eigenvalue weighted by atomic mass is 9.75. The summed E-state index contributed by atoms with van der Waals surface area (Å²) in [4.78, 5) is 0. The fourth-order valence-electron chi connectivity index (χ4n) is 6.17. The van der Waals surface area contributed by atoms with Gasteiger partial charge >= 0.3 is 0 Å². The second kappa shape index (κ2) is 10.5. The van der Waals surface area contributed by atoms with Gasteiger partial charge in [0.25, 0.3) is 0 Å². The maximum Gasteiger partial charge on any atom is 0.123 e. The molecular weight excluding hydrogens is 508 g/mol. The van der Waals surface area contributed by atoms with Crippen LogP contribution in [0.4, 0.5) is 0 Å². The Balaban J connectivity index is 1.38. The molecule has 0 unspecified atom stereocenters. The minimum Gasteiger partial charge on any atom is -0.497 e. The van der Waals surface area contributed by atoms with Crippen LogP contribution in [0.25, 0.3) is 34.4 Å². The Morgan fingerprint density at radius 2 is 0.878 bits per heavy atom. The Hall–Kier alpha value is -4.44. The van der Waals surface area contributed by atoms with Crippen molar-refractivity contribution in [2.24, 2.45) is 5.41 Å². The molecule has 0 saturated carbocycles. The molecule has 0 aliphatic heterocycles. The summed E-state index contributed by atoms with van der Waals surface area (Å²) in [5.74, 6) is 3.16. The Morgan fingerprint density at radius 1 is 0.512 bits per heavy atom. The first kappa shape index (κ1) is 26.8. The van der Waals surface area contributed by atoms with Crippen LogP contribution < -0.4 is 18.9 Å². The number of methoxy groups -OCH3 is 4. The van der Waals surface area contributed by atoms with Crippen molar-refractivity contribution in [2.75, 3.05) is 28.4 Å². The van der Waals surface area contributed by atoms with Crippen LogP contribution in [0.2, 0.25) is 0 Å². The van der Waals surface area contributed by atoms with Crippen molar-refractivity contribution < 1.29 is 18.9 Å². The molecule has 6 rings (SSSR count). The lowest BCUT2D eigenvalue weighted by Crippen LogP contribution is -2.18. The highest BCUT2D eigenvalue weighted by Crippen LogP contribution is 2.49. The Labute approximate surface area is 242 Å². The quantitative estimate of drug-likeness (QED) is 0.222. The molecule has 0 saturated heterocycles. The predicted molar refractivity (Wildman–Crippen MR) is 167 cm³/mol. The van der Waals surface area contributed by atoms with Crippen LogP contribution >= 0.6 is 0 Å². The molecule has 0 atom stereocenters. The average Bonchev–Trinajstić information content (AvgIpc) is 3.66. The molecule has 4 nitrogen and oxygen atoms in total. The monoisotopic (exact) mass is 544 g/mol. The van der Waals surface area contributed by atoms with Crippen molar-refractivity contribution in [1.29, 1.82) is 0 Å². The molecule has 0 bridgehead atoms. The zero-order chi connectivity index (χ0) is 28.7. The van der Waals surface area contributed by atoms with Gasteiger partial charge in [-0.25, -0.2) is 0 Å². The molecule has 4 aromatic rings. The summed E-state index contributed by atoms with van der Waals surface area (Å²) in [5.41, 5.74) is 12.6.